The Kier molecular flexibility index (Phi) is 12.5. The molecule has 2 aliphatic heterocycles. The van der Waals surface area contributed by atoms with Gasteiger partial charge in [0, 0.05) is 18.7 Å². The summed E-state index contributed by atoms with van der Waals surface area (Å²) in [5.41, 5.74) is 9.53. The standard InChI is InChI=1S/C48H62N8O6/c1-28(2)40(53-46(59)61-5)44(57)55-22-10-12-38(55)42-49-26-36(51-42)31-16-14-30(15-17-31)32-18-19-33(35-25-48(24-34(32)35)20-8-7-9-21-48)37-27-50-43(52-37)39-13-11-23-56(39)45(58)41(29(3)4)54-47(60)62-6/h14-19,26-29,38-41H,7-13,20-25H2,1-6H3,(H,49,51)(H,50,52)(H,53,59)(H,54,60)/t38-,39?,40-,41-/m0/s1. The Bertz CT molecular complexity index is 2270. The summed E-state index contributed by atoms with van der Waals surface area (Å²) in [5.74, 6) is 1.06. The molecule has 14 nitrogen and oxygen atoms in total. The van der Waals surface area contributed by atoms with Crippen molar-refractivity contribution in [3.8, 4) is 33.6 Å². The lowest BCUT2D eigenvalue weighted by atomic mass is 9.72. The Morgan fingerprint density at radius 3 is 1.63 bits per heavy atom. The molecule has 2 aliphatic carbocycles. The molecule has 4 amide bonds. The first-order chi connectivity index (χ1) is 29.9. The molecule has 4 aromatic rings. The first-order valence-corrected chi connectivity index (χ1v) is 22.6. The molecule has 330 valence electrons. The molecule has 2 aromatic heterocycles. The summed E-state index contributed by atoms with van der Waals surface area (Å²) in [7, 11) is 2.61. The maximum atomic E-state index is 13.8. The van der Waals surface area contributed by atoms with Gasteiger partial charge in [0.1, 0.15) is 23.7 Å². The highest BCUT2D eigenvalue weighted by Gasteiger charge is 2.42. The van der Waals surface area contributed by atoms with Crippen molar-refractivity contribution in [2.24, 2.45) is 17.3 Å². The van der Waals surface area contributed by atoms with Crippen LogP contribution < -0.4 is 10.6 Å². The van der Waals surface area contributed by atoms with Crippen molar-refractivity contribution in [3.05, 3.63) is 71.6 Å². The monoisotopic (exact) mass is 846 g/mol. The third-order valence-electron chi connectivity index (χ3n) is 13.9. The Morgan fingerprint density at radius 2 is 1.11 bits per heavy atom. The number of ether oxygens (including phenoxy) is 2. The fourth-order valence-electron chi connectivity index (χ4n) is 10.6. The maximum absolute atomic E-state index is 13.8. The predicted octanol–water partition coefficient (Wildman–Crippen LogP) is 8.27. The Labute approximate surface area is 364 Å². The molecule has 4 aliphatic rings. The molecule has 2 aromatic carbocycles. The molecule has 2 saturated heterocycles. The van der Waals surface area contributed by atoms with Gasteiger partial charge in [-0.25, -0.2) is 19.6 Å². The highest BCUT2D eigenvalue weighted by Crippen LogP contribution is 2.52. The van der Waals surface area contributed by atoms with E-state index in [0.29, 0.717) is 13.1 Å². The molecule has 0 radical (unpaired) electrons. The van der Waals surface area contributed by atoms with Gasteiger partial charge in [-0.2, -0.15) is 0 Å². The molecule has 4 heterocycles. The van der Waals surface area contributed by atoms with Crippen molar-refractivity contribution in [2.75, 3.05) is 27.3 Å². The van der Waals surface area contributed by atoms with Crippen LogP contribution in [0, 0.1) is 17.3 Å². The second-order valence-corrected chi connectivity index (χ2v) is 18.6. The first-order valence-electron chi connectivity index (χ1n) is 22.6. The van der Waals surface area contributed by atoms with E-state index in [4.69, 9.17) is 19.4 Å². The molecule has 4 atom stereocenters. The Morgan fingerprint density at radius 1 is 0.645 bits per heavy atom. The van der Waals surface area contributed by atoms with E-state index in [1.165, 1.54) is 74.1 Å². The number of aromatic amines is 2. The second-order valence-electron chi connectivity index (χ2n) is 18.6. The molecule has 14 heteroatoms. The van der Waals surface area contributed by atoms with E-state index in [1.54, 1.807) is 0 Å². The Balaban J connectivity index is 1.04. The van der Waals surface area contributed by atoms with Crippen LogP contribution in [0.25, 0.3) is 33.6 Å². The normalized spacial score (nSPS) is 20.4. The summed E-state index contributed by atoms with van der Waals surface area (Å²) in [6.45, 7) is 8.89. The van der Waals surface area contributed by atoms with Crippen LogP contribution >= 0.6 is 0 Å². The average Bonchev–Trinajstić information content (AvgIpc) is 4.13. The van der Waals surface area contributed by atoms with Crippen molar-refractivity contribution < 1.29 is 28.7 Å². The molecule has 1 spiro atoms. The number of amides is 4. The highest BCUT2D eigenvalue weighted by molar-refractivity contribution is 5.87. The summed E-state index contributed by atoms with van der Waals surface area (Å²) in [6.07, 6.45) is 14.2. The number of nitrogens with one attached hydrogen (secondary N) is 4. The largest absolute Gasteiger partial charge is 0.453 e. The van der Waals surface area contributed by atoms with E-state index in [0.717, 1.165) is 67.1 Å². The summed E-state index contributed by atoms with van der Waals surface area (Å²) in [6, 6.07) is 11.4. The number of hydrogen-bond donors (Lipinski definition) is 4. The van der Waals surface area contributed by atoms with Crippen molar-refractivity contribution in [2.45, 2.75) is 122 Å². The SMILES string of the molecule is COC(=O)N[C@H](C(=O)N1CCCC1c1ncc(-c2ccc(-c3ccc(-c4cnc([C@@H]5CCCN5C(=O)[C@@H](NC(=O)OC)C(C)C)[nH]4)cc3)c3c2CC2(CCCCC2)C3)[nH]1)C(C)C. The van der Waals surface area contributed by atoms with Crippen LogP contribution in [0.2, 0.25) is 0 Å². The zero-order valence-electron chi connectivity index (χ0n) is 37.0. The van der Waals surface area contributed by atoms with Gasteiger partial charge < -0.3 is 39.9 Å². The van der Waals surface area contributed by atoms with Crippen molar-refractivity contribution in [1.82, 2.24) is 40.4 Å². The van der Waals surface area contributed by atoms with Gasteiger partial charge in [0.2, 0.25) is 11.8 Å². The van der Waals surface area contributed by atoms with Crippen LogP contribution in [0.3, 0.4) is 0 Å². The minimum atomic E-state index is -0.688. The lowest BCUT2D eigenvalue weighted by Gasteiger charge is -2.33. The van der Waals surface area contributed by atoms with Gasteiger partial charge in [0.25, 0.3) is 0 Å². The molecule has 3 fully saturated rings. The van der Waals surface area contributed by atoms with Gasteiger partial charge in [0.15, 0.2) is 0 Å². The number of nitrogens with zero attached hydrogens (tertiary/aromatic N) is 4. The van der Waals surface area contributed by atoms with Crippen LogP contribution in [0.15, 0.2) is 48.8 Å². The average molecular weight is 847 g/mol. The molecular weight excluding hydrogens is 785 g/mol. The number of aromatic nitrogens is 4. The number of hydrogen-bond acceptors (Lipinski definition) is 8. The van der Waals surface area contributed by atoms with E-state index < -0.39 is 24.3 Å². The zero-order chi connectivity index (χ0) is 43.7. The van der Waals surface area contributed by atoms with Gasteiger partial charge in [-0.3, -0.25) is 9.59 Å². The van der Waals surface area contributed by atoms with Gasteiger partial charge >= 0.3 is 12.2 Å². The van der Waals surface area contributed by atoms with Gasteiger partial charge in [0.05, 0.1) is 50.1 Å². The first kappa shape index (κ1) is 43.0. The number of carbonyl (C=O) groups is 4. The van der Waals surface area contributed by atoms with Crippen molar-refractivity contribution in [1.29, 1.82) is 0 Å². The van der Waals surface area contributed by atoms with Crippen molar-refractivity contribution in [3.63, 3.8) is 0 Å². The summed E-state index contributed by atoms with van der Waals surface area (Å²) in [5, 5.41) is 5.47. The maximum Gasteiger partial charge on any atom is 0.407 e. The fraction of sp³-hybridized carbons (Fsp3) is 0.542. The second kappa shape index (κ2) is 18.0. The molecule has 1 saturated carbocycles. The number of rotatable bonds is 11. The minimum absolute atomic E-state index is 0.104. The third-order valence-corrected chi connectivity index (χ3v) is 13.9. The molecule has 1 unspecified atom stereocenters. The Hall–Kier alpha value is -5.66. The smallest absolute Gasteiger partial charge is 0.407 e. The summed E-state index contributed by atoms with van der Waals surface area (Å²) in [4.78, 5) is 72.3. The van der Waals surface area contributed by atoms with E-state index >= 15 is 0 Å². The van der Waals surface area contributed by atoms with Crippen molar-refractivity contribution >= 4 is 24.0 Å². The van der Waals surface area contributed by atoms with Gasteiger partial charge in [-0.05, 0) is 96.4 Å². The van der Waals surface area contributed by atoms with Crippen LogP contribution in [0.5, 0.6) is 0 Å². The number of methoxy groups -OCH3 is 2. The van der Waals surface area contributed by atoms with Crippen LogP contribution in [-0.2, 0) is 31.9 Å². The van der Waals surface area contributed by atoms with E-state index in [1.807, 2.05) is 49.9 Å². The number of imidazole rings is 2. The number of benzene rings is 2. The predicted molar refractivity (Wildman–Crippen MR) is 236 cm³/mol. The molecule has 62 heavy (non-hydrogen) atoms. The number of alkyl carbamates (subject to hydrolysis) is 2. The van der Waals surface area contributed by atoms with E-state index in [2.05, 4.69) is 57.0 Å². The zero-order valence-corrected chi connectivity index (χ0v) is 37.0. The summed E-state index contributed by atoms with van der Waals surface area (Å²) < 4.78 is 9.63. The van der Waals surface area contributed by atoms with Gasteiger partial charge in [-0.1, -0.05) is 83.4 Å². The van der Waals surface area contributed by atoms with E-state index in [-0.39, 0.29) is 41.1 Å². The number of fused-ring (bicyclic) bond motifs is 1. The highest BCUT2D eigenvalue weighted by atomic mass is 16.5. The van der Waals surface area contributed by atoms with Gasteiger partial charge in [-0.15, -0.1) is 0 Å². The third kappa shape index (κ3) is 8.44. The van der Waals surface area contributed by atoms with Crippen LogP contribution in [-0.4, -0.2) is 93.1 Å². The number of carbonyl (C=O) groups excluding carboxylic acids is 4. The minimum Gasteiger partial charge on any atom is -0.453 e. The number of H-pyrrole nitrogens is 2. The summed E-state index contributed by atoms with van der Waals surface area (Å²) >= 11 is 0. The molecule has 8 rings (SSSR count). The lowest BCUT2D eigenvalue weighted by molar-refractivity contribution is -0.136. The quantitative estimate of drug-likeness (QED) is 0.117. The molecule has 4 N–H and O–H groups in total. The van der Waals surface area contributed by atoms with Crippen LogP contribution in [0.1, 0.15) is 120 Å². The fourth-order valence-corrected chi connectivity index (χ4v) is 10.6. The molecular formula is C48H62N8O6. The molecule has 0 bridgehead atoms. The van der Waals surface area contributed by atoms with E-state index in [9.17, 15) is 19.2 Å². The lowest BCUT2D eigenvalue weighted by Crippen LogP contribution is -2.51. The topological polar surface area (TPSA) is 175 Å². The number of likely N-dealkylation sites (tertiary alicyclic amines) is 2. The van der Waals surface area contributed by atoms with Crippen LogP contribution in [0.4, 0.5) is 9.59 Å².